The number of esters is 1. The number of carbonyl (C=O) groups excluding carboxylic acids is 2. The smallest absolute Gasteiger partial charge is 0.325 e. The quantitative estimate of drug-likeness (QED) is 0.819. The zero-order valence-corrected chi connectivity index (χ0v) is 11.1. The molecule has 0 aliphatic heterocycles. The van der Waals surface area contributed by atoms with Crippen molar-refractivity contribution in [2.75, 3.05) is 13.7 Å². The third-order valence-corrected chi connectivity index (χ3v) is 2.70. The minimum Gasteiger partial charge on any atom is -0.468 e. The van der Waals surface area contributed by atoms with Gasteiger partial charge in [-0.1, -0.05) is 30.3 Å². The van der Waals surface area contributed by atoms with E-state index in [2.05, 4.69) is 15.2 Å². The minimum atomic E-state index is -0.491. The van der Waals surface area contributed by atoms with Gasteiger partial charge in [-0.2, -0.15) is 5.10 Å². The molecule has 2 rings (SSSR count). The molecule has 20 heavy (non-hydrogen) atoms. The van der Waals surface area contributed by atoms with Crippen LogP contribution in [0.15, 0.2) is 42.7 Å². The molecule has 0 radical (unpaired) electrons. The largest absolute Gasteiger partial charge is 0.468 e. The van der Waals surface area contributed by atoms with E-state index < -0.39 is 5.97 Å². The van der Waals surface area contributed by atoms with Crippen LogP contribution < -0.4 is 5.32 Å². The first-order valence-electron chi connectivity index (χ1n) is 6.10. The van der Waals surface area contributed by atoms with Crippen LogP contribution in [-0.4, -0.2) is 35.3 Å². The number of ether oxygens (including phenoxy) is 1. The van der Waals surface area contributed by atoms with Gasteiger partial charge in [0.15, 0.2) is 0 Å². The van der Waals surface area contributed by atoms with Gasteiger partial charge in [0, 0.05) is 6.20 Å². The van der Waals surface area contributed by atoms with Crippen LogP contribution in [0.3, 0.4) is 0 Å². The number of benzene rings is 1. The highest BCUT2D eigenvalue weighted by Gasteiger charge is 2.10. The van der Waals surface area contributed by atoms with Crippen molar-refractivity contribution in [2.24, 2.45) is 0 Å². The number of carbonyl (C=O) groups is 2. The molecule has 104 valence electrons. The molecule has 0 unspecified atom stereocenters. The van der Waals surface area contributed by atoms with Gasteiger partial charge in [0.05, 0.1) is 25.4 Å². The molecule has 0 aliphatic rings. The van der Waals surface area contributed by atoms with Crippen LogP contribution in [0, 0.1) is 0 Å². The molecule has 0 saturated heterocycles. The van der Waals surface area contributed by atoms with Crippen LogP contribution in [0.2, 0.25) is 0 Å². The molecule has 1 heterocycles. The molecule has 1 aromatic carbocycles. The SMILES string of the molecule is COC(=O)CNC(=O)c1cnn(Cc2ccccc2)c1. The van der Waals surface area contributed by atoms with Crippen molar-refractivity contribution in [3.8, 4) is 0 Å². The minimum absolute atomic E-state index is 0.154. The fraction of sp³-hybridized carbons (Fsp3) is 0.214. The van der Waals surface area contributed by atoms with E-state index in [1.165, 1.54) is 13.3 Å². The summed E-state index contributed by atoms with van der Waals surface area (Å²) >= 11 is 0. The second-order valence-electron chi connectivity index (χ2n) is 4.17. The lowest BCUT2D eigenvalue weighted by atomic mass is 10.2. The van der Waals surface area contributed by atoms with E-state index >= 15 is 0 Å². The zero-order chi connectivity index (χ0) is 14.4. The van der Waals surface area contributed by atoms with E-state index in [-0.39, 0.29) is 12.5 Å². The summed E-state index contributed by atoms with van der Waals surface area (Å²) in [6.07, 6.45) is 3.11. The van der Waals surface area contributed by atoms with Gasteiger partial charge in [0.25, 0.3) is 5.91 Å². The Morgan fingerprint density at radius 2 is 2.05 bits per heavy atom. The molecule has 1 aromatic heterocycles. The Bertz CT molecular complexity index is 593. The van der Waals surface area contributed by atoms with Gasteiger partial charge in [-0.05, 0) is 5.56 Å². The lowest BCUT2D eigenvalue weighted by Gasteiger charge is -2.02. The molecule has 6 heteroatoms. The maximum atomic E-state index is 11.8. The van der Waals surface area contributed by atoms with Gasteiger partial charge in [0.2, 0.25) is 0 Å². The molecule has 1 N–H and O–H groups in total. The van der Waals surface area contributed by atoms with E-state index in [0.29, 0.717) is 12.1 Å². The summed E-state index contributed by atoms with van der Waals surface area (Å²) in [6, 6.07) is 9.81. The number of hydrogen-bond donors (Lipinski definition) is 1. The molecule has 0 aliphatic carbocycles. The Labute approximate surface area is 116 Å². The molecule has 6 nitrogen and oxygen atoms in total. The van der Waals surface area contributed by atoms with E-state index in [9.17, 15) is 9.59 Å². The Hall–Kier alpha value is -2.63. The average Bonchev–Trinajstić information content (AvgIpc) is 2.94. The van der Waals surface area contributed by atoms with Gasteiger partial charge in [-0.25, -0.2) is 0 Å². The summed E-state index contributed by atoms with van der Waals surface area (Å²) in [4.78, 5) is 22.7. The first-order valence-corrected chi connectivity index (χ1v) is 6.10. The third kappa shape index (κ3) is 3.68. The van der Waals surface area contributed by atoms with Crippen molar-refractivity contribution in [3.63, 3.8) is 0 Å². The second-order valence-corrected chi connectivity index (χ2v) is 4.17. The van der Waals surface area contributed by atoms with E-state index in [1.54, 1.807) is 10.9 Å². The molecule has 0 spiro atoms. The molecular weight excluding hydrogens is 258 g/mol. The first-order chi connectivity index (χ1) is 9.69. The Morgan fingerprint density at radius 3 is 2.75 bits per heavy atom. The lowest BCUT2D eigenvalue weighted by molar-refractivity contribution is -0.139. The molecule has 1 amide bonds. The number of nitrogens with zero attached hydrogens (tertiary/aromatic N) is 2. The molecule has 0 bridgehead atoms. The van der Waals surface area contributed by atoms with Crippen LogP contribution in [0.4, 0.5) is 0 Å². The number of hydrogen-bond acceptors (Lipinski definition) is 4. The molecule has 0 atom stereocenters. The number of aromatic nitrogens is 2. The van der Waals surface area contributed by atoms with Crippen LogP contribution in [0.1, 0.15) is 15.9 Å². The lowest BCUT2D eigenvalue weighted by Crippen LogP contribution is -2.29. The first kappa shape index (κ1) is 13.8. The van der Waals surface area contributed by atoms with Gasteiger partial charge < -0.3 is 10.1 Å². The van der Waals surface area contributed by atoms with E-state index in [4.69, 9.17) is 0 Å². The van der Waals surface area contributed by atoms with Gasteiger partial charge in [-0.3, -0.25) is 14.3 Å². The predicted octanol–water partition coefficient (Wildman–Crippen LogP) is 0.834. The van der Waals surface area contributed by atoms with Gasteiger partial charge in [-0.15, -0.1) is 0 Å². The van der Waals surface area contributed by atoms with E-state index in [0.717, 1.165) is 5.56 Å². The maximum absolute atomic E-state index is 11.8. The number of nitrogens with one attached hydrogen (secondary N) is 1. The van der Waals surface area contributed by atoms with Crippen LogP contribution >= 0.6 is 0 Å². The van der Waals surface area contributed by atoms with Gasteiger partial charge >= 0.3 is 5.97 Å². The summed E-state index contributed by atoms with van der Waals surface area (Å²) in [5.41, 5.74) is 1.50. The highest BCUT2D eigenvalue weighted by molar-refractivity contribution is 5.95. The van der Waals surface area contributed by atoms with Crippen molar-refractivity contribution in [1.29, 1.82) is 0 Å². The molecule has 0 saturated carbocycles. The Morgan fingerprint density at radius 1 is 1.30 bits per heavy atom. The Balaban J connectivity index is 1.95. The Kier molecular flexibility index (Phi) is 4.49. The summed E-state index contributed by atoms with van der Waals surface area (Å²) in [6.45, 7) is 0.435. The molecule has 0 fully saturated rings. The van der Waals surface area contributed by atoms with Crippen LogP contribution in [-0.2, 0) is 16.1 Å². The normalized spacial score (nSPS) is 10.1. The second kappa shape index (κ2) is 6.51. The summed E-state index contributed by atoms with van der Waals surface area (Å²) in [7, 11) is 1.27. The van der Waals surface area contributed by atoms with Crippen molar-refractivity contribution < 1.29 is 14.3 Å². The summed E-state index contributed by atoms with van der Waals surface area (Å²) in [5, 5.41) is 6.58. The monoisotopic (exact) mass is 273 g/mol. The number of methoxy groups -OCH3 is 1. The number of rotatable bonds is 5. The zero-order valence-electron chi connectivity index (χ0n) is 11.1. The molecule has 2 aromatic rings. The third-order valence-electron chi connectivity index (χ3n) is 2.70. The summed E-state index contributed by atoms with van der Waals surface area (Å²) < 4.78 is 6.12. The van der Waals surface area contributed by atoms with Crippen molar-refractivity contribution in [2.45, 2.75) is 6.54 Å². The average molecular weight is 273 g/mol. The number of amides is 1. The standard InChI is InChI=1S/C14H15N3O3/c1-20-13(18)8-15-14(19)12-7-16-17(10-12)9-11-5-3-2-4-6-11/h2-7,10H,8-9H2,1H3,(H,15,19). The summed E-state index contributed by atoms with van der Waals surface area (Å²) in [5.74, 6) is -0.843. The van der Waals surface area contributed by atoms with Crippen LogP contribution in [0.5, 0.6) is 0 Å². The van der Waals surface area contributed by atoms with Crippen LogP contribution in [0.25, 0.3) is 0 Å². The molecular formula is C14H15N3O3. The van der Waals surface area contributed by atoms with Crippen molar-refractivity contribution >= 4 is 11.9 Å². The van der Waals surface area contributed by atoms with E-state index in [1.807, 2.05) is 30.3 Å². The van der Waals surface area contributed by atoms with Gasteiger partial charge in [0.1, 0.15) is 6.54 Å². The predicted molar refractivity (Wildman–Crippen MR) is 72.1 cm³/mol. The highest BCUT2D eigenvalue weighted by atomic mass is 16.5. The van der Waals surface area contributed by atoms with Crippen molar-refractivity contribution in [3.05, 3.63) is 53.9 Å². The maximum Gasteiger partial charge on any atom is 0.325 e. The fourth-order valence-corrected chi connectivity index (χ4v) is 1.66. The fourth-order valence-electron chi connectivity index (χ4n) is 1.66. The topological polar surface area (TPSA) is 73.2 Å². The van der Waals surface area contributed by atoms with Crippen molar-refractivity contribution in [1.82, 2.24) is 15.1 Å². The highest BCUT2D eigenvalue weighted by Crippen LogP contribution is 2.03.